The van der Waals surface area contributed by atoms with Crippen LogP contribution in [0.15, 0.2) is 18.3 Å². The summed E-state index contributed by atoms with van der Waals surface area (Å²) in [6.45, 7) is 0. The Morgan fingerprint density at radius 1 is 1.64 bits per heavy atom. The van der Waals surface area contributed by atoms with Crippen molar-refractivity contribution in [3.63, 3.8) is 0 Å². The Labute approximate surface area is 62.9 Å². The zero-order chi connectivity index (χ0) is 8.10. The first-order chi connectivity index (χ1) is 5.29. The third-order valence-electron chi connectivity index (χ3n) is 0.870. The van der Waals surface area contributed by atoms with Crippen LogP contribution in [0.5, 0.6) is 0 Å². The van der Waals surface area contributed by atoms with E-state index in [-0.39, 0.29) is 0 Å². The van der Waals surface area contributed by atoms with Crippen molar-refractivity contribution in [3.05, 3.63) is 24.0 Å². The molecule has 0 bridgehead atoms. The summed E-state index contributed by atoms with van der Waals surface area (Å²) >= 11 is 0. The number of carboxylic acid groups (broad SMARTS) is 1. The minimum Gasteiger partial charge on any atom is -0.472 e. The molecule has 4 nitrogen and oxygen atoms in total. The maximum Gasteiger partial charge on any atom is 0.382 e. The lowest BCUT2D eigenvalue weighted by Crippen LogP contribution is -1.89. The molecule has 0 aliphatic rings. The van der Waals surface area contributed by atoms with Crippen LogP contribution < -0.4 is 0 Å². The second-order valence-electron chi connectivity index (χ2n) is 1.66. The van der Waals surface area contributed by atoms with Crippen LogP contribution in [0.4, 0.5) is 0 Å². The monoisotopic (exact) mass is 148 g/mol. The summed E-state index contributed by atoms with van der Waals surface area (Å²) in [6.07, 6.45) is 1.49. The van der Waals surface area contributed by atoms with E-state index < -0.39 is 5.97 Å². The van der Waals surface area contributed by atoms with E-state index in [0.717, 1.165) is 0 Å². The Hall–Kier alpha value is -1.89. The molecule has 1 rings (SSSR count). The number of aromatic nitrogens is 2. The van der Waals surface area contributed by atoms with Crippen LogP contribution >= 0.6 is 0 Å². The molecule has 0 unspecified atom stereocenters. The van der Waals surface area contributed by atoms with Crippen molar-refractivity contribution in [2.45, 2.75) is 0 Å². The highest BCUT2D eigenvalue weighted by molar-refractivity contribution is 5.87. The number of hydrogen-bond acceptors (Lipinski definition) is 3. The summed E-state index contributed by atoms with van der Waals surface area (Å²) in [6, 6.07) is 3.22. The molecule has 0 amide bonds. The van der Waals surface area contributed by atoms with Gasteiger partial charge in [0.05, 0.1) is 0 Å². The molecule has 1 N–H and O–H groups in total. The second kappa shape index (κ2) is 3.32. The summed E-state index contributed by atoms with van der Waals surface area (Å²) in [5.74, 6) is 3.08. The van der Waals surface area contributed by atoms with E-state index in [0.29, 0.717) is 5.69 Å². The predicted octanol–water partition coefficient (Wildman–Crippen LogP) is -0.0873. The molecule has 0 saturated heterocycles. The first-order valence-corrected chi connectivity index (χ1v) is 2.81. The number of aliphatic carboxylic acids is 1. The highest BCUT2D eigenvalue weighted by Crippen LogP contribution is 1.85. The van der Waals surface area contributed by atoms with Gasteiger partial charge in [-0.15, -0.1) is 5.10 Å². The van der Waals surface area contributed by atoms with E-state index in [1.165, 1.54) is 6.20 Å². The Morgan fingerprint density at radius 3 is 3.00 bits per heavy atom. The van der Waals surface area contributed by atoms with E-state index >= 15 is 0 Å². The van der Waals surface area contributed by atoms with Gasteiger partial charge in [0.2, 0.25) is 0 Å². The van der Waals surface area contributed by atoms with Gasteiger partial charge >= 0.3 is 5.97 Å². The number of nitrogens with zero attached hydrogens (tertiary/aromatic N) is 2. The fourth-order valence-electron chi connectivity index (χ4n) is 0.486. The third kappa shape index (κ3) is 2.45. The lowest BCUT2D eigenvalue weighted by molar-refractivity contribution is -0.130. The van der Waals surface area contributed by atoms with E-state index in [2.05, 4.69) is 16.1 Å². The van der Waals surface area contributed by atoms with Crippen LogP contribution in [0.1, 0.15) is 5.69 Å². The van der Waals surface area contributed by atoms with Crippen LogP contribution in [0, 0.1) is 11.8 Å². The number of hydrogen-bond donors (Lipinski definition) is 1. The topological polar surface area (TPSA) is 63.1 Å². The SMILES string of the molecule is O=C(O)C#Cc1cccnn1. The Kier molecular flexibility index (Phi) is 2.18. The molecule has 0 saturated carbocycles. The zero-order valence-electron chi connectivity index (χ0n) is 5.48. The van der Waals surface area contributed by atoms with Gasteiger partial charge in [-0.25, -0.2) is 4.79 Å². The van der Waals surface area contributed by atoms with Crippen molar-refractivity contribution in [1.82, 2.24) is 10.2 Å². The molecule has 54 valence electrons. The average Bonchev–Trinajstić information content (AvgIpc) is 2.03. The van der Waals surface area contributed by atoms with Gasteiger partial charge in [0.25, 0.3) is 0 Å². The molecule has 11 heavy (non-hydrogen) atoms. The normalized spacial score (nSPS) is 8.00. The molecule has 0 aliphatic heterocycles. The summed E-state index contributed by atoms with van der Waals surface area (Å²) in [5.41, 5.74) is 0.356. The highest BCUT2D eigenvalue weighted by Gasteiger charge is 1.86. The molecule has 1 aromatic heterocycles. The molecule has 1 aromatic rings. The van der Waals surface area contributed by atoms with Crippen molar-refractivity contribution >= 4 is 5.97 Å². The van der Waals surface area contributed by atoms with Crippen LogP contribution in [0.25, 0.3) is 0 Å². The van der Waals surface area contributed by atoms with Gasteiger partial charge in [-0.3, -0.25) is 0 Å². The summed E-state index contributed by atoms with van der Waals surface area (Å²) in [5, 5.41) is 15.2. The lowest BCUT2D eigenvalue weighted by atomic mass is 10.4. The standard InChI is InChI=1S/C7H4N2O2/c10-7(11)4-3-6-2-1-5-8-9-6/h1-2,5H,(H,10,11). The van der Waals surface area contributed by atoms with Gasteiger partial charge in [0.15, 0.2) is 0 Å². The summed E-state index contributed by atoms with van der Waals surface area (Å²) in [4.78, 5) is 9.95. The zero-order valence-corrected chi connectivity index (χ0v) is 5.48. The van der Waals surface area contributed by atoms with Crippen LogP contribution in [0.3, 0.4) is 0 Å². The Bertz CT molecular complexity index is 310. The first-order valence-electron chi connectivity index (χ1n) is 2.81. The largest absolute Gasteiger partial charge is 0.472 e. The fourth-order valence-corrected chi connectivity index (χ4v) is 0.486. The molecule has 0 aromatic carbocycles. The fraction of sp³-hybridized carbons (Fsp3) is 0. The maximum absolute atomic E-state index is 9.95. The van der Waals surface area contributed by atoms with Gasteiger partial charge in [-0.1, -0.05) is 0 Å². The Balaban J connectivity index is 2.83. The van der Waals surface area contributed by atoms with Gasteiger partial charge in [0.1, 0.15) is 5.69 Å². The molecule has 0 atom stereocenters. The minimum atomic E-state index is -1.17. The average molecular weight is 148 g/mol. The van der Waals surface area contributed by atoms with E-state index in [1.807, 2.05) is 5.92 Å². The van der Waals surface area contributed by atoms with Crippen molar-refractivity contribution in [1.29, 1.82) is 0 Å². The van der Waals surface area contributed by atoms with Gasteiger partial charge in [-0.2, -0.15) is 5.10 Å². The van der Waals surface area contributed by atoms with Crippen molar-refractivity contribution in [2.24, 2.45) is 0 Å². The van der Waals surface area contributed by atoms with E-state index in [4.69, 9.17) is 5.11 Å². The van der Waals surface area contributed by atoms with E-state index in [1.54, 1.807) is 12.1 Å². The number of carboxylic acids is 1. The van der Waals surface area contributed by atoms with Crippen LogP contribution in [-0.2, 0) is 4.79 Å². The molecule has 4 heteroatoms. The predicted molar refractivity (Wildman–Crippen MR) is 36.5 cm³/mol. The van der Waals surface area contributed by atoms with Crippen molar-refractivity contribution < 1.29 is 9.90 Å². The molecule has 1 heterocycles. The van der Waals surface area contributed by atoms with Crippen LogP contribution in [-0.4, -0.2) is 21.3 Å². The smallest absolute Gasteiger partial charge is 0.382 e. The summed E-state index contributed by atoms with van der Waals surface area (Å²) in [7, 11) is 0. The van der Waals surface area contributed by atoms with Gasteiger partial charge in [0, 0.05) is 12.1 Å². The van der Waals surface area contributed by atoms with Crippen LogP contribution in [0.2, 0.25) is 0 Å². The molecular weight excluding hydrogens is 144 g/mol. The number of carbonyl (C=O) groups is 1. The number of rotatable bonds is 0. The molecule has 0 radical (unpaired) electrons. The quantitative estimate of drug-likeness (QED) is 0.522. The van der Waals surface area contributed by atoms with Gasteiger partial charge < -0.3 is 5.11 Å². The van der Waals surface area contributed by atoms with Crippen molar-refractivity contribution in [2.75, 3.05) is 0 Å². The highest BCUT2D eigenvalue weighted by atomic mass is 16.4. The van der Waals surface area contributed by atoms with E-state index in [9.17, 15) is 4.79 Å². The minimum absolute atomic E-state index is 0.356. The van der Waals surface area contributed by atoms with Crippen molar-refractivity contribution in [3.8, 4) is 11.8 Å². The lowest BCUT2D eigenvalue weighted by Gasteiger charge is -1.81. The van der Waals surface area contributed by atoms with Gasteiger partial charge in [-0.05, 0) is 18.1 Å². The Morgan fingerprint density at radius 2 is 2.45 bits per heavy atom. The molecule has 0 aliphatic carbocycles. The summed E-state index contributed by atoms with van der Waals surface area (Å²) < 4.78 is 0. The molecule has 0 spiro atoms. The second-order valence-corrected chi connectivity index (χ2v) is 1.66. The maximum atomic E-state index is 9.95. The molecular formula is C7H4N2O2. The first kappa shape index (κ1) is 7.22. The third-order valence-corrected chi connectivity index (χ3v) is 0.870. The molecule has 0 fully saturated rings.